The molecule has 17 heavy (non-hydrogen) atoms. The second kappa shape index (κ2) is 5.17. The fourth-order valence-electron chi connectivity index (χ4n) is 2.51. The Labute approximate surface area is 104 Å². The van der Waals surface area contributed by atoms with Gasteiger partial charge in [-0.1, -0.05) is 30.3 Å². The first-order valence-corrected chi connectivity index (χ1v) is 6.21. The van der Waals surface area contributed by atoms with Gasteiger partial charge in [0.15, 0.2) is 0 Å². The number of nitrogens with zero attached hydrogens (tertiary/aromatic N) is 1. The number of methoxy groups -OCH3 is 1. The Bertz CT molecular complexity index is 350. The number of benzene rings is 1. The lowest BCUT2D eigenvalue weighted by Gasteiger charge is -2.30. The summed E-state index contributed by atoms with van der Waals surface area (Å²) in [5.74, 6) is 0. The summed E-state index contributed by atoms with van der Waals surface area (Å²) in [6, 6.07) is 10.3. The molecule has 2 atom stereocenters. The molecule has 1 fully saturated rings. The molecule has 0 aliphatic carbocycles. The number of nitrogens with two attached hydrogens (primary N) is 1. The van der Waals surface area contributed by atoms with Crippen LogP contribution in [0.2, 0.25) is 0 Å². The standard InChI is InChI=1S/C14H22N2O/c1-14(15,12-6-4-3-5-7-12)11-16-9-8-13(10-16)17-2/h3-7,13H,8-11,15H2,1-2H3. The first-order valence-electron chi connectivity index (χ1n) is 6.21. The van der Waals surface area contributed by atoms with Gasteiger partial charge in [-0.15, -0.1) is 0 Å². The van der Waals surface area contributed by atoms with E-state index in [2.05, 4.69) is 24.0 Å². The van der Waals surface area contributed by atoms with Crippen LogP contribution >= 0.6 is 0 Å². The number of likely N-dealkylation sites (tertiary alicyclic amines) is 1. The molecule has 1 aliphatic heterocycles. The molecule has 0 saturated carbocycles. The lowest BCUT2D eigenvalue weighted by atomic mass is 9.93. The van der Waals surface area contributed by atoms with E-state index in [0.717, 1.165) is 26.1 Å². The van der Waals surface area contributed by atoms with Crippen LogP contribution in [0.3, 0.4) is 0 Å². The van der Waals surface area contributed by atoms with E-state index in [4.69, 9.17) is 10.5 Å². The van der Waals surface area contributed by atoms with Gasteiger partial charge in [0.25, 0.3) is 0 Å². The molecule has 0 radical (unpaired) electrons. The minimum Gasteiger partial charge on any atom is -0.380 e. The summed E-state index contributed by atoms with van der Waals surface area (Å²) >= 11 is 0. The third kappa shape index (κ3) is 3.06. The Kier molecular flexibility index (Phi) is 3.82. The van der Waals surface area contributed by atoms with E-state index in [1.165, 1.54) is 5.56 Å². The predicted octanol–water partition coefficient (Wildman–Crippen LogP) is 1.58. The molecule has 1 aromatic rings. The molecule has 2 rings (SSSR count). The molecule has 0 spiro atoms. The number of hydrogen-bond donors (Lipinski definition) is 1. The largest absolute Gasteiger partial charge is 0.380 e. The van der Waals surface area contributed by atoms with Crippen molar-refractivity contribution in [2.45, 2.75) is 25.0 Å². The van der Waals surface area contributed by atoms with E-state index in [-0.39, 0.29) is 5.54 Å². The van der Waals surface area contributed by atoms with Crippen LogP contribution in [0, 0.1) is 0 Å². The molecule has 1 aromatic carbocycles. The van der Waals surface area contributed by atoms with Crippen LogP contribution in [-0.4, -0.2) is 37.7 Å². The first-order chi connectivity index (χ1) is 8.12. The molecule has 2 unspecified atom stereocenters. The topological polar surface area (TPSA) is 38.5 Å². The van der Waals surface area contributed by atoms with Gasteiger partial charge in [-0.05, 0) is 18.9 Å². The molecule has 1 saturated heterocycles. The highest BCUT2D eigenvalue weighted by Crippen LogP contribution is 2.21. The zero-order valence-corrected chi connectivity index (χ0v) is 10.7. The third-order valence-corrected chi connectivity index (χ3v) is 3.55. The molecule has 1 heterocycles. The van der Waals surface area contributed by atoms with Gasteiger partial charge in [0.1, 0.15) is 0 Å². The van der Waals surface area contributed by atoms with Crippen LogP contribution in [0.5, 0.6) is 0 Å². The van der Waals surface area contributed by atoms with E-state index in [1.54, 1.807) is 7.11 Å². The molecule has 1 aliphatic rings. The highest BCUT2D eigenvalue weighted by molar-refractivity contribution is 5.23. The quantitative estimate of drug-likeness (QED) is 0.859. The van der Waals surface area contributed by atoms with Crippen molar-refractivity contribution in [3.63, 3.8) is 0 Å². The van der Waals surface area contributed by atoms with Gasteiger partial charge in [0.2, 0.25) is 0 Å². The molecule has 0 aromatic heterocycles. The SMILES string of the molecule is COC1CCN(CC(C)(N)c2ccccc2)C1. The maximum absolute atomic E-state index is 6.42. The van der Waals surface area contributed by atoms with Gasteiger partial charge in [0.05, 0.1) is 11.6 Å². The van der Waals surface area contributed by atoms with Crippen molar-refractivity contribution in [2.24, 2.45) is 5.73 Å². The average molecular weight is 234 g/mol. The molecule has 3 heteroatoms. The van der Waals surface area contributed by atoms with E-state index in [0.29, 0.717) is 6.10 Å². The summed E-state index contributed by atoms with van der Waals surface area (Å²) in [5.41, 5.74) is 7.33. The molecular weight excluding hydrogens is 212 g/mol. The molecular formula is C14H22N2O. The second-order valence-electron chi connectivity index (χ2n) is 5.16. The van der Waals surface area contributed by atoms with Gasteiger partial charge in [-0.2, -0.15) is 0 Å². The Morgan fingerprint density at radius 1 is 1.41 bits per heavy atom. The van der Waals surface area contributed by atoms with Crippen LogP contribution in [0.1, 0.15) is 18.9 Å². The number of ether oxygens (including phenoxy) is 1. The van der Waals surface area contributed by atoms with Crippen molar-refractivity contribution in [2.75, 3.05) is 26.7 Å². The predicted molar refractivity (Wildman–Crippen MR) is 69.8 cm³/mol. The lowest BCUT2D eigenvalue weighted by Crippen LogP contribution is -2.44. The van der Waals surface area contributed by atoms with E-state index < -0.39 is 0 Å². The van der Waals surface area contributed by atoms with Gasteiger partial charge < -0.3 is 10.5 Å². The fourth-order valence-corrected chi connectivity index (χ4v) is 2.51. The highest BCUT2D eigenvalue weighted by atomic mass is 16.5. The van der Waals surface area contributed by atoms with Crippen molar-refractivity contribution in [1.29, 1.82) is 0 Å². The summed E-state index contributed by atoms with van der Waals surface area (Å²) in [6.45, 7) is 5.06. The fraction of sp³-hybridized carbons (Fsp3) is 0.571. The number of hydrogen-bond acceptors (Lipinski definition) is 3. The van der Waals surface area contributed by atoms with Crippen molar-refractivity contribution in [3.05, 3.63) is 35.9 Å². The zero-order chi connectivity index (χ0) is 12.3. The van der Waals surface area contributed by atoms with Gasteiger partial charge >= 0.3 is 0 Å². The summed E-state index contributed by atoms with van der Waals surface area (Å²) in [5, 5.41) is 0. The van der Waals surface area contributed by atoms with E-state index in [9.17, 15) is 0 Å². The molecule has 3 nitrogen and oxygen atoms in total. The van der Waals surface area contributed by atoms with E-state index >= 15 is 0 Å². The Morgan fingerprint density at radius 3 is 2.71 bits per heavy atom. The van der Waals surface area contributed by atoms with Crippen molar-refractivity contribution >= 4 is 0 Å². The summed E-state index contributed by atoms with van der Waals surface area (Å²) in [6.07, 6.45) is 1.49. The summed E-state index contributed by atoms with van der Waals surface area (Å²) < 4.78 is 5.38. The maximum atomic E-state index is 6.42. The third-order valence-electron chi connectivity index (χ3n) is 3.55. The summed E-state index contributed by atoms with van der Waals surface area (Å²) in [7, 11) is 1.78. The van der Waals surface area contributed by atoms with Crippen molar-refractivity contribution in [3.8, 4) is 0 Å². The maximum Gasteiger partial charge on any atom is 0.0710 e. The van der Waals surface area contributed by atoms with Gasteiger partial charge in [-0.3, -0.25) is 4.90 Å². The van der Waals surface area contributed by atoms with Gasteiger partial charge in [0, 0.05) is 26.7 Å². The van der Waals surface area contributed by atoms with Crippen LogP contribution in [-0.2, 0) is 10.3 Å². The first kappa shape index (κ1) is 12.6. The molecule has 0 bridgehead atoms. The Morgan fingerprint density at radius 2 is 2.12 bits per heavy atom. The smallest absolute Gasteiger partial charge is 0.0710 e. The number of rotatable bonds is 4. The van der Waals surface area contributed by atoms with Crippen LogP contribution in [0.4, 0.5) is 0 Å². The average Bonchev–Trinajstić information content (AvgIpc) is 2.77. The van der Waals surface area contributed by atoms with Crippen LogP contribution in [0.15, 0.2) is 30.3 Å². The molecule has 0 amide bonds. The second-order valence-corrected chi connectivity index (χ2v) is 5.16. The van der Waals surface area contributed by atoms with E-state index in [1.807, 2.05) is 18.2 Å². The van der Waals surface area contributed by atoms with Crippen LogP contribution < -0.4 is 5.73 Å². The summed E-state index contributed by atoms with van der Waals surface area (Å²) in [4.78, 5) is 2.39. The molecule has 94 valence electrons. The monoisotopic (exact) mass is 234 g/mol. The normalized spacial score (nSPS) is 24.8. The minimum absolute atomic E-state index is 0.288. The van der Waals surface area contributed by atoms with Crippen LogP contribution in [0.25, 0.3) is 0 Å². The van der Waals surface area contributed by atoms with Crippen molar-refractivity contribution < 1.29 is 4.74 Å². The Balaban J connectivity index is 1.98. The molecule has 2 N–H and O–H groups in total. The van der Waals surface area contributed by atoms with Crippen molar-refractivity contribution in [1.82, 2.24) is 4.90 Å². The van der Waals surface area contributed by atoms with Gasteiger partial charge in [-0.25, -0.2) is 0 Å². The lowest BCUT2D eigenvalue weighted by molar-refractivity contribution is 0.105. The highest BCUT2D eigenvalue weighted by Gasteiger charge is 2.29. The Hall–Kier alpha value is -0.900. The minimum atomic E-state index is -0.288. The zero-order valence-electron chi connectivity index (χ0n) is 10.7.